The number of benzene rings is 1. The van der Waals surface area contributed by atoms with Crippen LogP contribution >= 0.6 is 0 Å². The first-order valence-corrected chi connectivity index (χ1v) is 5.48. The molecule has 1 rings (SSSR count). The molecule has 0 aliphatic rings. The summed E-state index contributed by atoms with van der Waals surface area (Å²) in [7, 11) is 1.91. The predicted molar refractivity (Wildman–Crippen MR) is 69.1 cm³/mol. The number of nitrogen functional groups attached to an aromatic ring is 1. The molecule has 0 saturated carbocycles. The number of hydrazine groups is 1. The zero-order chi connectivity index (χ0) is 13.0. The Morgan fingerprint density at radius 2 is 2.18 bits per heavy atom. The van der Waals surface area contributed by atoms with E-state index in [1.54, 1.807) is 12.1 Å². The van der Waals surface area contributed by atoms with Gasteiger partial charge in [-0.1, -0.05) is 6.92 Å². The highest BCUT2D eigenvalue weighted by Crippen LogP contribution is 2.27. The predicted octanol–water partition coefficient (Wildman–Crippen LogP) is 2.12. The van der Waals surface area contributed by atoms with E-state index in [1.165, 1.54) is 6.07 Å². The fraction of sp³-hybridized carbons (Fsp3) is 0.455. The van der Waals surface area contributed by atoms with Crippen LogP contribution < -0.4 is 16.2 Å². The minimum Gasteiger partial charge on any atom is -0.372 e. The van der Waals surface area contributed by atoms with Gasteiger partial charge in [-0.15, -0.1) is 0 Å². The van der Waals surface area contributed by atoms with Crippen LogP contribution in [0.25, 0.3) is 0 Å². The number of nitro benzene ring substituents is 1. The van der Waals surface area contributed by atoms with Crippen molar-refractivity contribution in [3.05, 3.63) is 28.3 Å². The quantitative estimate of drug-likeness (QED) is 0.466. The molecule has 1 aromatic rings. The molecule has 6 nitrogen and oxygen atoms in total. The van der Waals surface area contributed by atoms with Crippen LogP contribution in [0, 0.1) is 10.1 Å². The number of nitrogens with zero attached hydrogens (tertiary/aromatic N) is 2. The van der Waals surface area contributed by atoms with Crippen molar-refractivity contribution in [1.29, 1.82) is 0 Å². The zero-order valence-electron chi connectivity index (χ0n) is 10.3. The smallest absolute Gasteiger partial charge is 0.273 e. The van der Waals surface area contributed by atoms with E-state index in [0.29, 0.717) is 11.7 Å². The molecule has 0 aliphatic heterocycles. The summed E-state index contributed by atoms with van der Waals surface area (Å²) >= 11 is 0. The standard InChI is InChI=1S/C11H18N4O2/c1-4-8(2)14(3)10-5-9(13-12)6-11(7-10)15(16)17/h5-8,13H,4,12H2,1-3H3. The second kappa shape index (κ2) is 5.49. The molecule has 0 spiro atoms. The van der Waals surface area contributed by atoms with Gasteiger partial charge in [-0.3, -0.25) is 16.0 Å². The Hall–Kier alpha value is -1.82. The molecular weight excluding hydrogens is 220 g/mol. The third-order valence-electron chi connectivity index (χ3n) is 2.94. The number of nitrogens with two attached hydrogens (primary N) is 1. The topological polar surface area (TPSA) is 84.4 Å². The summed E-state index contributed by atoms with van der Waals surface area (Å²) in [6.07, 6.45) is 0.963. The molecule has 0 bridgehead atoms. The van der Waals surface area contributed by atoms with E-state index in [9.17, 15) is 10.1 Å². The molecule has 0 saturated heterocycles. The Labute approximate surface area is 101 Å². The summed E-state index contributed by atoms with van der Waals surface area (Å²) < 4.78 is 0. The first-order valence-electron chi connectivity index (χ1n) is 5.48. The molecule has 3 N–H and O–H groups in total. The number of anilines is 2. The molecular formula is C11H18N4O2. The van der Waals surface area contributed by atoms with E-state index in [2.05, 4.69) is 19.3 Å². The van der Waals surface area contributed by atoms with Crippen molar-refractivity contribution in [2.45, 2.75) is 26.3 Å². The Morgan fingerprint density at radius 3 is 2.65 bits per heavy atom. The molecule has 6 heteroatoms. The van der Waals surface area contributed by atoms with Crippen molar-refractivity contribution < 1.29 is 4.92 Å². The van der Waals surface area contributed by atoms with Gasteiger partial charge in [0.25, 0.3) is 5.69 Å². The van der Waals surface area contributed by atoms with Gasteiger partial charge in [0, 0.05) is 30.9 Å². The second-order valence-electron chi connectivity index (χ2n) is 4.01. The first-order chi connectivity index (χ1) is 7.99. The number of nitrogens with one attached hydrogen (secondary N) is 1. The highest BCUT2D eigenvalue weighted by atomic mass is 16.6. The monoisotopic (exact) mass is 238 g/mol. The number of hydrogen-bond donors (Lipinski definition) is 2. The van der Waals surface area contributed by atoms with Crippen molar-refractivity contribution in [3.63, 3.8) is 0 Å². The van der Waals surface area contributed by atoms with Crippen LogP contribution in [0.3, 0.4) is 0 Å². The average Bonchev–Trinajstić information content (AvgIpc) is 2.36. The second-order valence-corrected chi connectivity index (χ2v) is 4.01. The molecule has 0 fully saturated rings. The van der Waals surface area contributed by atoms with Crippen LogP contribution in [0.4, 0.5) is 17.1 Å². The van der Waals surface area contributed by atoms with E-state index >= 15 is 0 Å². The lowest BCUT2D eigenvalue weighted by Crippen LogP contribution is -2.28. The van der Waals surface area contributed by atoms with Crippen LogP contribution in [0.1, 0.15) is 20.3 Å². The average molecular weight is 238 g/mol. The summed E-state index contributed by atoms with van der Waals surface area (Å²) in [6, 6.07) is 5.06. The maximum atomic E-state index is 10.8. The first kappa shape index (κ1) is 13.2. The molecule has 1 unspecified atom stereocenters. The molecule has 1 atom stereocenters. The zero-order valence-corrected chi connectivity index (χ0v) is 10.3. The van der Waals surface area contributed by atoms with Gasteiger partial charge in [0.15, 0.2) is 0 Å². The van der Waals surface area contributed by atoms with Crippen molar-refractivity contribution >= 4 is 17.1 Å². The van der Waals surface area contributed by atoms with Crippen LogP contribution in [0.2, 0.25) is 0 Å². The van der Waals surface area contributed by atoms with Crippen molar-refractivity contribution in [2.75, 3.05) is 17.4 Å². The third kappa shape index (κ3) is 3.07. The largest absolute Gasteiger partial charge is 0.372 e. The van der Waals surface area contributed by atoms with Gasteiger partial charge in [0.05, 0.1) is 10.6 Å². The van der Waals surface area contributed by atoms with Gasteiger partial charge in [-0.2, -0.15) is 0 Å². The molecule has 0 aromatic heterocycles. The highest BCUT2D eigenvalue weighted by Gasteiger charge is 2.14. The van der Waals surface area contributed by atoms with Crippen molar-refractivity contribution in [1.82, 2.24) is 0 Å². The summed E-state index contributed by atoms with van der Waals surface area (Å²) in [5, 5.41) is 10.8. The van der Waals surface area contributed by atoms with Gasteiger partial charge >= 0.3 is 0 Å². The molecule has 0 heterocycles. The molecule has 1 aromatic carbocycles. The van der Waals surface area contributed by atoms with Gasteiger partial charge in [-0.25, -0.2) is 0 Å². The summed E-state index contributed by atoms with van der Waals surface area (Å²) in [5.41, 5.74) is 3.79. The number of hydrogen-bond acceptors (Lipinski definition) is 5. The fourth-order valence-corrected chi connectivity index (χ4v) is 1.52. The number of non-ortho nitro benzene ring substituents is 1. The lowest BCUT2D eigenvalue weighted by atomic mass is 10.2. The van der Waals surface area contributed by atoms with Crippen LogP contribution in [0.15, 0.2) is 18.2 Å². The molecule has 94 valence electrons. The van der Waals surface area contributed by atoms with Gasteiger partial charge in [0.2, 0.25) is 0 Å². The van der Waals surface area contributed by atoms with E-state index in [1.807, 2.05) is 11.9 Å². The summed E-state index contributed by atoms with van der Waals surface area (Å²) in [6.45, 7) is 4.13. The minimum atomic E-state index is -0.422. The summed E-state index contributed by atoms with van der Waals surface area (Å²) in [4.78, 5) is 12.4. The highest BCUT2D eigenvalue weighted by molar-refractivity contribution is 5.64. The van der Waals surface area contributed by atoms with E-state index in [-0.39, 0.29) is 5.69 Å². The van der Waals surface area contributed by atoms with Crippen molar-refractivity contribution in [3.8, 4) is 0 Å². The molecule has 0 radical (unpaired) electrons. The van der Waals surface area contributed by atoms with Gasteiger partial charge in [0.1, 0.15) is 0 Å². The Bertz CT molecular complexity index is 408. The summed E-state index contributed by atoms with van der Waals surface area (Å²) in [5.74, 6) is 5.31. The lowest BCUT2D eigenvalue weighted by Gasteiger charge is -2.26. The van der Waals surface area contributed by atoms with E-state index < -0.39 is 4.92 Å². The van der Waals surface area contributed by atoms with Crippen LogP contribution in [0.5, 0.6) is 0 Å². The van der Waals surface area contributed by atoms with E-state index in [0.717, 1.165) is 12.1 Å². The van der Waals surface area contributed by atoms with Crippen LogP contribution in [-0.2, 0) is 0 Å². The molecule has 0 amide bonds. The Balaban J connectivity index is 3.14. The molecule has 17 heavy (non-hydrogen) atoms. The third-order valence-corrected chi connectivity index (χ3v) is 2.94. The number of rotatable bonds is 5. The number of nitro groups is 1. The molecule has 0 aliphatic carbocycles. The van der Waals surface area contributed by atoms with E-state index in [4.69, 9.17) is 5.84 Å². The van der Waals surface area contributed by atoms with Crippen LogP contribution in [-0.4, -0.2) is 18.0 Å². The lowest BCUT2D eigenvalue weighted by molar-refractivity contribution is -0.384. The maximum absolute atomic E-state index is 10.8. The van der Waals surface area contributed by atoms with Gasteiger partial charge in [-0.05, 0) is 19.4 Å². The minimum absolute atomic E-state index is 0.0330. The van der Waals surface area contributed by atoms with Crippen molar-refractivity contribution in [2.24, 2.45) is 5.84 Å². The maximum Gasteiger partial charge on any atom is 0.273 e. The van der Waals surface area contributed by atoms with Gasteiger partial charge < -0.3 is 10.3 Å². The Kier molecular flexibility index (Phi) is 4.28. The normalized spacial score (nSPS) is 12.0. The Morgan fingerprint density at radius 1 is 1.53 bits per heavy atom. The fourth-order valence-electron chi connectivity index (χ4n) is 1.52. The SMILES string of the molecule is CCC(C)N(C)c1cc(NN)cc([N+](=O)[O-])c1.